The Labute approximate surface area is 120 Å². The molecule has 0 saturated carbocycles. The molecule has 1 atom stereocenters. The van der Waals surface area contributed by atoms with Crippen molar-refractivity contribution in [3.8, 4) is 5.88 Å². The Balaban J connectivity index is 2.37. The number of amides is 1. The quantitative estimate of drug-likeness (QED) is 0.728. The van der Waals surface area contributed by atoms with Gasteiger partial charge in [0.05, 0.1) is 18.5 Å². The van der Waals surface area contributed by atoms with E-state index in [-0.39, 0.29) is 5.91 Å². The summed E-state index contributed by atoms with van der Waals surface area (Å²) in [6, 6.07) is 3.55. The van der Waals surface area contributed by atoms with Gasteiger partial charge in [0.1, 0.15) is 0 Å². The van der Waals surface area contributed by atoms with E-state index in [1.807, 2.05) is 6.92 Å². The predicted octanol–water partition coefficient (Wildman–Crippen LogP) is 2.57. The number of hydrogen-bond donors (Lipinski definition) is 2. The molecule has 20 heavy (non-hydrogen) atoms. The van der Waals surface area contributed by atoms with Gasteiger partial charge in [0, 0.05) is 12.5 Å². The highest BCUT2D eigenvalue weighted by Gasteiger charge is 2.09. The first-order valence-electron chi connectivity index (χ1n) is 7.28. The summed E-state index contributed by atoms with van der Waals surface area (Å²) >= 11 is 0. The van der Waals surface area contributed by atoms with Gasteiger partial charge in [-0.05, 0) is 38.3 Å². The van der Waals surface area contributed by atoms with Gasteiger partial charge in [-0.25, -0.2) is 4.98 Å². The number of hydrogen-bond acceptors (Lipinski definition) is 4. The van der Waals surface area contributed by atoms with Crippen molar-refractivity contribution in [1.29, 1.82) is 0 Å². The van der Waals surface area contributed by atoms with Crippen LogP contribution in [0.15, 0.2) is 18.3 Å². The van der Waals surface area contributed by atoms with Crippen LogP contribution in [0, 0.1) is 5.92 Å². The number of carbonyl (C=O) groups is 1. The van der Waals surface area contributed by atoms with Crippen molar-refractivity contribution in [2.45, 2.75) is 39.5 Å². The Morgan fingerprint density at radius 1 is 1.40 bits per heavy atom. The molecule has 0 saturated heterocycles. The molecule has 0 bridgehead atoms. The lowest BCUT2D eigenvalue weighted by molar-refractivity contribution is -0.116. The van der Waals surface area contributed by atoms with Gasteiger partial charge in [-0.2, -0.15) is 0 Å². The summed E-state index contributed by atoms with van der Waals surface area (Å²) in [5, 5.41) is 2.84. The summed E-state index contributed by atoms with van der Waals surface area (Å²) < 4.78 is 5.25. The third-order valence-corrected chi connectivity index (χ3v) is 3.24. The zero-order chi connectivity index (χ0) is 14.8. The molecule has 1 rings (SSSR count). The summed E-state index contributed by atoms with van der Waals surface area (Å²) in [6.07, 6.45) is 5.05. The van der Waals surface area contributed by atoms with Gasteiger partial charge < -0.3 is 15.8 Å². The monoisotopic (exact) mass is 279 g/mol. The molecule has 1 heterocycles. The lowest BCUT2D eigenvalue weighted by Gasteiger charge is -2.13. The van der Waals surface area contributed by atoms with Crippen molar-refractivity contribution >= 4 is 11.6 Å². The van der Waals surface area contributed by atoms with Crippen LogP contribution >= 0.6 is 0 Å². The van der Waals surface area contributed by atoms with Gasteiger partial charge in [0.25, 0.3) is 0 Å². The number of anilines is 1. The highest BCUT2D eigenvalue weighted by atomic mass is 16.5. The molecular formula is C15H25N3O2. The molecule has 0 aliphatic rings. The summed E-state index contributed by atoms with van der Waals surface area (Å²) in [7, 11) is 0. The Kier molecular flexibility index (Phi) is 7.65. The first kappa shape index (κ1) is 16.4. The van der Waals surface area contributed by atoms with Crippen molar-refractivity contribution < 1.29 is 9.53 Å². The molecule has 1 aromatic rings. The maximum atomic E-state index is 11.8. The minimum atomic E-state index is 0.0198. The van der Waals surface area contributed by atoms with Crippen molar-refractivity contribution in [1.82, 2.24) is 4.98 Å². The molecule has 5 heteroatoms. The van der Waals surface area contributed by atoms with Crippen molar-refractivity contribution in [3.05, 3.63) is 18.3 Å². The molecule has 0 radical (unpaired) electrons. The van der Waals surface area contributed by atoms with E-state index in [1.165, 1.54) is 0 Å². The second kappa shape index (κ2) is 9.31. The molecule has 0 aliphatic carbocycles. The Morgan fingerprint density at radius 2 is 2.20 bits per heavy atom. The standard InChI is InChI=1S/C15H25N3O2/c1-3-12(9-10-16)5-7-14(19)18-13-6-8-15(17-11-13)20-4-2/h6,8,11-12H,3-5,7,9-10,16H2,1-2H3,(H,18,19). The molecule has 112 valence electrons. The van der Waals surface area contributed by atoms with E-state index < -0.39 is 0 Å². The van der Waals surface area contributed by atoms with Crippen LogP contribution < -0.4 is 15.8 Å². The lowest BCUT2D eigenvalue weighted by Crippen LogP contribution is -2.15. The van der Waals surface area contributed by atoms with Gasteiger partial charge in [-0.15, -0.1) is 0 Å². The third kappa shape index (κ3) is 6.02. The molecule has 0 fully saturated rings. The fraction of sp³-hybridized carbons (Fsp3) is 0.600. The van der Waals surface area contributed by atoms with Gasteiger partial charge in [0.15, 0.2) is 0 Å². The normalized spacial score (nSPS) is 11.9. The SMILES string of the molecule is CCOc1ccc(NC(=O)CCC(CC)CCN)cn1. The fourth-order valence-electron chi connectivity index (χ4n) is 2.03. The highest BCUT2D eigenvalue weighted by molar-refractivity contribution is 5.90. The van der Waals surface area contributed by atoms with E-state index in [4.69, 9.17) is 10.5 Å². The molecule has 0 aromatic carbocycles. The molecule has 1 aromatic heterocycles. The van der Waals surface area contributed by atoms with Crippen molar-refractivity contribution in [2.75, 3.05) is 18.5 Å². The fourth-order valence-corrected chi connectivity index (χ4v) is 2.03. The van der Waals surface area contributed by atoms with Gasteiger partial charge in [0.2, 0.25) is 11.8 Å². The van der Waals surface area contributed by atoms with Crippen LogP contribution in [0.25, 0.3) is 0 Å². The summed E-state index contributed by atoms with van der Waals surface area (Å²) in [5.41, 5.74) is 6.25. The zero-order valence-electron chi connectivity index (χ0n) is 12.4. The Morgan fingerprint density at radius 3 is 2.75 bits per heavy atom. The van der Waals surface area contributed by atoms with Crippen molar-refractivity contribution in [2.24, 2.45) is 11.7 Å². The minimum Gasteiger partial charge on any atom is -0.478 e. The molecule has 1 unspecified atom stereocenters. The Bertz CT molecular complexity index is 393. The van der Waals surface area contributed by atoms with Gasteiger partial charge in [-0.1, -0.05) is 13.3 Å². The number of aromatic nitrogens is 1. The van der Waals surface area contributed by atoms with Crippen LogP contribution in [0.1, 0.15) is 39.5 Å². The van der Waals surface area contributed by atoms with E-state index in [9.17, 15) is 4.79 Å². The van der Waals surface area contributed by atoms with Gasteiger partial charge in [-0.3, -0.25) is 4.79 Å². The van der Waals surface area contributed by atoms with Crippen LogP contribution in [0.2, 0.25) is 0 Å². The number of nitrogens with zero attached hydrogens (tertiary/aromatic N) is 1. The van der Waals surface area contributed by atoms with E-state index in [1.54, 1.807) is 18.3 Å². The zero-order valence-corrected chi connectivity index (χ0v) is 12.4. The topological polar surface area (TPSA) is 77.2 Å². The average molecular weight is 279 g/mol. The summed E-state index contributed by atoms with van der Waals surface area (Å²) in [5.74, 6) is 1.12. The second-order valence-corrected chi connectivity index (χ2v) is 4.76. The first-order valence-corrected chi connectivity index (χ1v) is 7.28. The largest absolute Gasteiger partial charge is 0.478 e. The summed E-state index contributed by atoms with van der Waals surface area (Å²) in [4.78, 5) is 16.0. The van der Waals surface area contributed by atoms with Crippen LogP contribution in [0.4, 0.5) is 5.69 Å². The smallest absolute Gasteiger partial charge is 0.224 e. The first-order chi connectivity index (χ1) is 9.69. The van der Waals surface area contributed by atoms with Crippen LogP contribution in [0.5, 0.6) is 5.88 Å². The molecule has 1 amide bonds. The van der Waals surface area contributed by atoms with E-state index in [0.717, 1.165) is 19.3 Å². The molecule has 0 spiro atoms. The molecule has 5 nitrogen and oxygen atoms in total. The third-order valence-electron chi connectivity index (χ3n) is 3.24. The van der Waals surface area contributed by atoms with Crippen LogP contribution in [-0.2, 0) is 4.79 Å². The van der Waals surface area contributed by atoms with Crippen LogP contribution in [-0.4, -0.2) is 24.0 Å². The van der Waals surface area contributed by atoms with E-state index in [2.05, 4.69) is 17.2 Å². The maximum absolute atomic E-state index is 11.8. The number of rotatable bonds is 9. The lowest BCUT2D eigenvalue weighted by atomic mass is 9.96. The highest BCUT2D eigenvalue weighted by Crippen LogP contribution is 2.16. The van der Waals surface area contributed by atoms with E-state index >= 15 is 0 Å². The predicted molar refractivity (Wildman–Crippen MR) is 80.7 cm³/mol. The van der Waals surface area contributed by atoms with Gasteiger partial charge >= 0.3 is 0 Å². The van der Waals surface area contributed by atoms with E-state index in [0.29, 0.717) is 37.1 Å². The van der Waals surface area contributed by atoms with Crippen LogP contribution in [0.3, 0.4) is 0 Å². The minimum absolute atomic E-state index is 0.0198. The average Bonchev–Trinajstić information content (AvgIpc) is 2.46. The second-order valence-electron chi connectivity index (χ2n) is 4.76. The molecule has 3 N–H and O–H groups in total. The number of carbonyl (C=O) groups excluding carboxylic acids is 1. The Hall–Kier alpha value is -1.62. The number of nitrogens with two attached hydrogens (primary N) is 1. The maximum Gasteiger partial charge on any atom is 0.224 e. The number of ether oxygens (including phenoxy) is 1. The molecular weight excluding hydrogens is 254 g/mol. The number of pyridine rings is 1. The number of nitrogens with one attached hydrogen (secondary N) is 1. The summed E-state index contributed by atoms with van der Waals surface area (Å²) in [6.45, 7) is 5.30. The molecule has 0 aliphatic heterocycles. The van der Waals surface area contributed by atoms with Crippen molar-refractivity contribution in [3.63, 3.8) is 0 Å².